The van der Waals surface area contributed by atoms with E-state index in [1.165, 1.54) is 24.1 Å². The van der Waals surface area contributed by atoms with Crippen molar-refractivity contribution in [1.82, 2.24) is 4.90 Å². The van der Waals surface area contributed by atoms with E-state index < -0.39 is 12.0 Å². The molecule has 21 heavy (non-hydrogen) atoms. The zero-order valence-corrected chi connectivity index (χ0v) is 12.0. The van der Waals surface area contributed by atoms with Gasteiger partial charge in [0.2, 0.25) is 0 Å². The Kier molecular flexibility index (Phi) is 6.19. The van der Waals surface area contributed by atoms with E-state index in [1.807, 2.05) is 0 Å². The number of urea groups is 1. The first-order valence-corrected chi connectivity index (χ1v) is 6.37. The van der Waals surface area contributed by atoms with Gasteiger partial charge in [0.1, 0.15) is 0 Å². The lowest BCUT2D eigenvalue weighted by molar-refractivity contribution is -0.140. The van der Waals surface area contributed by atoms with Gasteiger partial charge in [0.15, 0.2) is 0 Å². The van der Waals surface area contributed by atoms with Crippen LogP contribution in [0.3, 0.4) is 0 Å². The molecule has 7 nitrogen and oxygen atoms in total. The van der Waals surface area contributed by atoms with Crippen molar-refractivity contribution >= 4 is 23.7 Å². The molecule has 0 saturated heterocycles. The van der Waals surface area contributed by atoms with Crippen LogP contribution in [0.4, 0.5) is 10.5 Å². The van der Waals surface area contributed by atoms with E-state index in [0.717, 1.165) is 0 Å². The Labute approximate surface area is 122 Å². The number of benzene rings is 1. The van der Waals surface area contributed by atoms with Crippen LogP contribution in [-0.4, -0.2) is 48.7 Å². The van der Waals surface area contributed by atoms with Crippen LogP contribution in [0.5, 0.6) is 0 Å². The van der Waals surface area contributed by atoms with Crippen LogP contribution < -0.4 is 5.32 Å². The van der Waals surface area contributed by atoms with Crippen LogP contribution in [-0.2, 0) is 9.53 Å². The van der Waals surface area contributed by atoms with Crippen molar-refractivity contribution in [3.05, 3.63) is 29.8 Å². The molecular weight excluding hydrogens is 276 g/mol. The minimum Gasteiger partial charge on any atom is -0.478 e. The summed E-state index contributed by atoms with van der Waals surface area (Å²) in [5.41, 5.74) is 0.253. The highest BCUT2D eigenvalue weighted by molar-refractivity contribution is 5.99. The number of methoxy groups -OCH3 is 1. The summed E-state index contributed by atoms with van der Waals surface area (Å²) >= 11 is 0. The van der Waals surface area contributed by atoms with E-state index in [-0.39, 0.29) is 23.6 Å². The highest BCUT2D eigenvalue weighted by atomic mass is 16.5. The molecule has 0 spiro atoms. The molecule has 0 aliphatic rings. The van der Waals surface area contributed by atoms with Crippen molar-refractivity contribution in [3.63, 3.8) is 0 Å². The second kappa shape index (κ2) is 7.88. The van der Waals surface area contributed by atoms with Gasteiger partial charge in [-0.2, -0.15) is 0 Å². The molecule has 0 aliphatic heterocycles. The molecular formula is C14H18N2O5. The summed E-state index contributed by atoms with van der Waals surface area (Å²) in [4.78, 5) is 35.3. The van der Waals surface area contributed by atoms with E-state index in [9.17, 15) is 14.4 Å². The Hall–Kier alpha value is -2.57. The molecule has 114 valence electrons. The molecule has 7 heteroatoms. The number of carbonyl (C=O) groups excluding carboxylic acids is 2. The summed E-state index contributed by atoms with van der Waals surface area (Å²) in [5.74, 6) is -1.45. The number of nitrogens with zero attached hydrogens (tertiary/aromatic N) is 1. The number of carboxylic acid groups (broad SMARTS) is 1. The minimum absolute atomic E-state index is 0.0220. The number of esters is 1. The maximum atomic E-state index is 11.9. The molecule has 0 unspecified atom stereocenters. The molecule has 2 N–H and O–H groups in total. The monoisotopic (exact) mass is 294 g/mol. The third-order valence-electron chi connectivity index (χ3n) is 2.85. The highest BCUT2D eigenvalue weighted by Crippen LogP contribution is 2.15. The van der Waals surface area contributed by atoms with Crippen molar-refractivity contribution in [2.45, 2.75) is 12.8 Å². The Balaban J connectivity index is 2.56. The van der Waals surface area contributed by atoms with Gasteiger partial charge in [-0.25, -0.2) is 9.59 Å². The zero-order chi connectivity index (χ0) is 15.8. The number of amides is 2. The van der Waals surface area contributed by atoms with Crippen molar-refractivity contribution in [3.8, 4) is 0 Å². The quantitative estimate of drug-likeness (QED) is 0.780. The first-order chi connectivity index (χ1) is 9.95. The predicted molar refractivity (Wildman–Crippen MR) is 76.3 cm³/mol. The lowest BCUT2D eigenvalue weighted by Crippen LogP contribution is -2.32. The van der Waals surface area contributed by atoms with E-state index in [2.05, 4.69) is 10.1 Å². The minimum atomic E-state index is -1.11. The average Bonchev–Trinajstić information content (AvgIpc) is 2.47. The third-order valence-corrected chi connectivity index (χ3v) is 2.85. The van der Waals surface area contributed by atoms with Crippen molar-refractivity contribution in [1.29, 1.82) is 0 Å². The number of ether oxygens (including phenoxy) is 1. The summed E-state index contributed by atoms with van der Waals surface area (Å²) in [6, 6.07) is 5.71. The van der Waals surface area contributed by atoms with Crippen LogP contribution in [0.1, 0.15) is 23.2 Å². The van der Waals surface area contributed by atoms with Crippen molar-refractivity contribution in [2.24, 2.45) is 0 Å². The lowest BCUT2D eigenvalue weighted by Gasteiger charge is -2.18. The van der Waals surface area contributed by atoms with Gasteiger partial charge in [-0.15, -0.1) is 0 Å². The molecule has 0 aromatic heterocycles. The van der Waals surface area contributed by atoms with Gasteiger partial charge in [0, 0.05) is 20.0 Å². The van der Waals surface area contributed by atoms with Crippen LogP contribution in [0.2, 0.25) is 0 Å². The van der Waals surface area contributed by atoms with E-state index in [0.29, 0.717) is 13.0 Å². The van der Waals surface area contributed by atoms with Gasteiger partial charge in [0.05, 0.1) is 18.4 Å². The van der Waals surface area contributed by atoms with Gasteiger partial charge in [-0.1, -0.05) is 12.1 Å². The normalized spacial score (nSPS) is 9.81. The van der Waals surface area contributed by atoms with E-state index >= 15 is 0 Å². The second-order valence-electron chi connectivity index (χ2n) is 4.38. The Morgan fingerprint density at radius 2 is 1.95 bits per heavy atom. The molecule has 0 heterocycles. The first-order valence-electron chi connectivity index (χ1n) is 6.37. The standard InChI is InChI=1S/C14H18N2O5/c1-16(9-5-8-12(17)21-2)14(20)15-11-7-4-3-6-10(11)13(18)19/h3-4,6-7H,5,8-9H2,1-2H3,(H,15,20)(H,18,19). The molecule has 0 radical (unpaired) electrons. The Morgan fingerprint density at radius 3 is 2.57 bits per heavy atom. The number of para-hydroxylation sites is 1. The van der Waals surface area contributed by atoms with Crippen LogP contribution >= 0.6 is 0 Å². The van der Waals surface area contributed by atoms with Gasteiger partial charge in [-0.05, 0) is 18.6 Å². The molecule has 0 bridgehead atoms. The van der Waals surface area contributed by atoms with Gasteiger partial charge >= 0.3 is 18.0 Å². The number of aromatic carboxylic acids is 1. The van der Waals surface area contributed by atoms with Crippen LogP contribution in [0.25, 0.3) is 0 Å². The molecule has 1 aromatic rings. The van der Waals surface area contributed by atoms with Gasteiger partial charge in [-0.3, -0.25) is 4.79 Å². The summed E-state index contributed by atoms with van der Waals surface area (Å²) in [7, 11) is 2.87. The molecule has 2 amide bonds. The maximum absolute atomic E-state index is 11.9. The lowest BCUT2D eigenvalue weighted by atomic mass is 10.2. The number of anilines is 1. The molecule has 1 aromatic carbocycles. The third kappa shape index (κ3) is 5.13. The Morgan fingerprint density at radius 1 is 1.29 bits per heavy atom. The fourth-order valence-electron chi connectivity index (χ4n) is 1.65. The number of carboxylic acids is 1. The second-order valence-corrected chi connectivity index (χ2v) is 4.38. The first kappa shape index (κ1) is 16.5. The summed E-state index contributed by atoms with van der Waals surface area (Å²) in [6.07, 6.45) is 0.691. The van der Waals surface area contributed by atoms with Gasteiger partial charge in [0.25, 0.3) is 0 Å². The van der Waals surface area contributed by atoms with Crippen LogP contribution in [0, 0.1) is 0 Å². The summed E-state index contributed by atoms with van der Waals surface area (Å²) in [5, 5.41) is 11.6. The zero-order valence-electron chi connectivity index (χ0n) is 12.0. The largest absolute Gasteiger partial charge is 0.478 e. The summed E-state index contributed by atoms with van der Waals surface area (Å²) in [6.45, 7) is 0.357. The SMILES string of the molecule is COC(=O)CCCN(C)C(=O)Nc1ccccc1C(=O)O. The Bertz CT molecular complexity index is 530. The number of hydrogen-bond donors (Lipinski definition) is 2. The number of nitrogens with one attached hydrogen (secondary N) is 1. The van der Waals surface area contributed by atoms with Gasteiger partial charge < -0.3 is 20.1 Å². The number of hydrogen-bond acceptors (Lipinski definition) is 4. The van der Waals surface area contributed by atoms with Crippen molar-refractivity contribution < 1.29 is 24.2 Å². The molecule has 0 fully saturated rings. The number of rotatable bonds is 6. The maximum Gasteiger partial charge on any atom is 0.337 e. The van der Waals surface area contributed by atoms with Crippen LogP contribution in [0.15, 0.2) is 24.3 Å². The summed E-state index contributed by atoms with van der Waals surface area (Å²) < 4.78 is 4.51. The average molecular weight is 294 g/mol. The molecule has 1 rings (SSSR count). The topological polar surface area (TPSA) is 95.9 Å². The molecule has 0 atom stereocenters. The van der Waals surface area contributed by atoms with E-state index in [4.69, 9.17) is 5.11 Å². The number of carbonyl (C=O) groups is 3. The smallest absolute Gasteiger partial charge is 0.337 e. The fraction of sp³-hybridized carbons (Fsp3) is 0.357. The predicted octanol–water partition coefficient (Wildman–Crippen LogP) is 1.80. The van der Waals surface area contributed by atoms with E-state index in [1.54, 1.807) is 19.2 Å². The molecule has 0 saturated carbocycles. The molecule has 0 aliphatic carbocycles. The van der Waals surface area contributed by atoms with Crippen molar-refractivity contribution in [2.75, 3.05) is 26.0 Å². The fourth-order valence-corrected chi connectivity index (χ4v) is 1.65. The highest BCUT2D eigenvalue weighted by Gasteiger charge is 2.14.